The fourth-order valence-corrected chi connectivity index (χ4v) is 2.70. The van der Waals surface area contributed by atoms with Gasteiger partial charge in [0.25, 0.3) is 0 Å². The van der Waals surface area contributed by atoms with Crippen molar-refractivity contribution in [2.75, 3.05) is 0 Å². The molecule has 0 bridgehead atoms. The van der Waals surface area contributed by atoms with Crippen LogP contribution in [0, 0.1) is 0 Å². The number of hydrogen-bond donors (Lipinski definition) is 0. The maximum absolute atomic E-state index is 12.1. The van der Waals surface area contributed by atoms with Gasteiger partial charge in [-0.3, -0.25) is 0 Å². The molecule has 5 nitrogen and oxygen atoms in total. The van der Waals surface area contributed by atoms with Crippen molar-refractivity contribution in [2.45, 2.75) is 39.4 Å². The molecular weight excluding hydrogens is 344 g/mol. The average Bonchev–Trinajstić information content (AvgIpc) is 2.67. The van der Waals surface area contributed by atoms with Crippen molar-refractivity contribution in [1.29, 1.82) is 0 Å². The second kappa shape index (κ2) is 8.08. The second-order valence-corrected chi connectivity index (χ2v) is 6.42. The number of hydrogen-bond acceptors (Lipinski definition) is 5. The summed E-state index contributed by atoms with van der Waals surface area (Å²) in [4.78, 5) is 24.0. The molecule has 0 spiro atoms. The predicted molar refractivity (Wildman–Crippen MR) is 104 cm³/mol. The Hall–Kier alpha value is -3.08. The molecule has 0 N–H and O–H groups in total. The summed E-state index contributed by atoms with van der Waals surface area (Å²) in [5.41, 5.74) is 1.68. The molecule has 0 saturated heterocycles. The zero-order valence-corrected chi connectivity index (χ0v) is 15.6. The summed E-state index contributed by atoms with van der Waals surface area (Å²) in [5.74, 6) is 0.00778. The summed E-state index contributed by atoms with van der Waals surface area (Å²) < 4.78 is 16.3. The van der Waals surface area contributed by atoms with Crippen molar-refractivity contribution in [3.8, 4) is 16.9 Å². The number of benzene rings is 2. The zero-order chi connectivity index (χ0) is 19.4. The second-order valence-electron chi connectivity index (χ2n) is 6.42. The largest absolute Gasteiger partial charge is 0.479 e. The lowest BCUT2D eigenvalue weighted by atomic mass is 10.0. The lowest BCUT2D eigenvalue weighted by Gasteiger charge is -2.17. The highest BCUT2D eigenvalue weighted by Crippen LogP contribution is 2.29. The monoisotopic (exact) mass is 366 g/mol. The number of ether oxygens (including phenoxy) is 2. The van der Waals surface area contributed by atoms with Gasteiger partial charge in [0.15, 0.2) is 6.10 Å². The van der Waals surface area contributed by atoms with E-state index in [-0.39, 0.29) is 6.10 Å². The van der Waals surface area contributed by atoms with Crippen LogP contribution in [0.15, 0.2) is 63.8 Å². The molecule has 0 aliphatic carbocycles. The van der Waals surface area contributed by atoms with Crippen molar-refractivity contribution in [1.82, 2.24) is 0 Å². The van der Waals surface area contributed by atoms with Crippen LogP contribution in [0.4, 0.5) is 0 Å². The predicted octanol–water partition coefficient (Wildman–Crippen LogP) is 4.57. The number of esters is 1. The highest BCUT2D eigenvalue weighted by atomic mass is 16.6. The van der Waals surface area contributed by atoms with E-state index >= 15 is 0 Å². The van der Waals surface area contributed by atoms with Crippen LogP contribution in [0.1, 0.15) is 27.2 Å². The first-order valence-corrected chi connectivity index (χ1v) is 8.98. The van der Waals surface area contributed by atoms with E-state index in [1.165, 1.54) is 6.07 Å². The van der Waals surface area contributed by atoms with Crippen LogP contribution in [-0.4, -0.2) is 18.2 Å². The molecule has 0 saturated carbocycles. The summed E-state index contributed by atoms with van der Waals surface area (Å²) in [6.45, 7) is 5.41. The smallest absolute Gasteiger partial charge is 0.347 e. The lowest BCUT2D eigenvalue weighted by Crippen LogP contribution is -2.29. The van der Waals surface area contributed by atoms with Crippen LogP contribution < -0.4 is 10.4 Å². The van der Waals surface area contributed by atoms with Gasteiger partial charge in [0.1, 0.15) is 11.3 Å². The van der Waals surface area contributed by atoms with Gasteiger partial charge in [-0.25, -0.2) is 9.59 Å². The van der Waals surface area contributed by atoms with E-state index in [1.807, 2.05) is 50.2 Å². The summed E-state index contributed by atoms with van der Waals surface area (Å²) in [6.07, 6.45) is -0.186. The third-order valence-corrected chi connectivity index (χ3v) is 4.34. The topological polar surface area (TPSA) is 65.7 Å². The van der Waals surface area contributed by atoms with Gasteiger partial charge in [0, 0.05) is 17.5 Å². The first-order chi connectivity index (χ1) is 13.0. The fraction of sp³-hybridized carbons (Fsp3) is 0.273. The van der Waals surface area contributed by atoms with Crippen LogP contribution in [0.25, 0.3) is 22.1 Å². The molecule has 2 atom stereocenters. The Labute approximate surface area is 157 Å². The molecule has 0 amide bonds. The molecule has 5 heteroatoms. The number of carbonyl (C=O) groups is 1. The van der Waals surface area contributed by atoms with Crippen LogP contribution in [0.2, 0.25) is 0 Å². The van der Waals surface area contributed by atoms with Crippen LogP contribution >= 0.6 is 0 Å². The van der Waals surface area contributed by atoms with E-state index in [9.17, 15) is 9.59 Å². The Morgan fingerprint density at radius 3 is 2.52 bits per heavy atom. The first-order valence-electron chi connectivity index (χ1n) is 8.98. The minimum absolute atomic E-state index is 0.161. The molecule has 27 heavy (non-hydrogen) atoms. The van der Waals surface area contributed by atoms with Crippen molar-refractivity contribution < 1.29 is 18.7 Å². The number of rotatable bonds is 6. The van der Waals surface area contributed by atoms with Crippen LogP contribution in [0.3, 0.4) is 0 Å². The molecule has 1 heterocycles. The third-order valence-electron chi connectivity index (χ3n) is 4.34. The quantitative estimate of drug-likeness (QED) is 0.472. The molecule has 1 aromatic heterocycles. The van der Waals surface area contributed by atoms with Crippen LogP contribution in [0.5, 0.6) is 5.75 Å². The van der Waals surface area contributed by atoms with E-state index in [0.29, 0.717) is 11.3 Å². The molecule has 3 rings (SSSR count). The Bertz CT molecular complexity index is 991. The summed E-state index contributed by atoms with van der Waals surface area (Å²) in [5, 5.41) is 0.794. The summed E-state index contributed by atoms with van der Waals surface area (Å²) in [6, 6.07) is 16.3. The fourth-order valence-electron chi connectivity index (χ4n) is 2.70. The maximum Gasteiger partial charge on any atom is 0.347 e. The molecule has 0 aliphatic rings. The molecule has 2 aromatic carbocycles. The normalized spacial score (nSPS) is 13.1. The minimum atomic E-state index is -0.763. The van der Waals surface area contributed by atoms with Gasteiger partial charge in [0.05, 0.1) is 6.10 Å². The summed E-state index contributed by atoms with van der Waals surface area (Å²) in [7, 11) is 0. The van der Waals surface area contributed by atoms with Gasteiger partial charge in [0.2, 0.25) is 0 Å². The van der Waals surface area contributed by atoms with Crippen molar-refractivity contribution in [2.24, 2.45) is 0 Å². The van der Waals surface area contributed by atoms with Crippen molar-refractivity contribution in [3.05, 3.63) is 65.0 Å². The Balaban J connectivity index is 1.90. The van der Waals surface area contributed by atoms with Crippen molar-refractivity contribution >= 4 is 16.9 Å². The van der Waals surface area contributed by atoms with Gasteiger partial charge >= 0.3 is 11.6 Å². The molecule has 0 aliphatic heterocycles. The van der Waals surface area contributed by atoms with E-state index < -0.39 is 17.7 Å². The van der Waals surface area contributed by atoms with Crippen LogP contribution in [-0.2, 0) is 9.53 Å². The molecular formula is C22H22O5. The van der Waals surface area contributed by atoms with E-state index in [4.69, 9.17) is 13.9 Å². The highest BCUT2D eigenvalue weighted by Gasteiger charge is 2.19. The summed E-state index contributed by atoms with van der Waals surface area (Å²) >= 11 is 0. The molecule has 140 valence electrons. The minimum Gasteiger partial charge on any atom is -0.479 e. The van der Waals surface area contributed by atoms with Gasteiger partial charge in [-0.2, -0.15) is 0 Å². The van der Waals surface area contributed by atoms with Crippen molar-refractivity contribution in [3.63, 3.8) is 0 Å². The standard InChI is InChI=1S/C22H22O5/c1-4-14(2)25-22(24)15(3)26-17-10-11-18-19(16-8-6-5-7-9-16)13-21(23)27-20(18)12-17/h5-15H,4H2,1-3H3/t14-,15+/m1/s1. The zero-order valence-electron chi connectivity index (χ0n) is 15.6. The van der Waals surface area contributed by atoms with E-state index in [2.05, 4.69) is 0 Å². The van der Waals surface area contributed by atoms with Gasteiger partial charge < -0.3 is 13.9 Å². The molecule has 0 unspecified atom stereocenters. The first kappa shape index (κ1) is 18.7. The highest BCUT2D eigenvalue weighted by molar-refractivity contribution is 5.93. The molecule has 3 aromatic rings. The number of fused-ring (bicyclic) bond motifs is 1. The molecule has 0 fully saturated rings. The van der Waals surface area contributed by atoms with Gasteiger partial charge in [-0.15, -0.1) is 0 Å². The van der Waals surface area contributed by atoms with Gasteiger partial charge in [-0.05, 0) is 43.5 Å². The third kappa shape index (κ3) is 4.37. The number of carbonyl (C=O) groups excluding carboxylic acids is 1. The van der Waals surface area contributed by atoms with E-state index in [1.54, 1.807) is 19.1 Å². The van der Waals surface area contributed by atoms with Gasteiger partial charge in [-0.1, -0.05) is 37.3 Å². The molecule has 0 radical (unpaired) electrons. The van der Waals surface area contributed by atoms with E-state index in [0.717, 1.165) is 22.9 Å². The SMILES string of the molecule is CC[C@@H](C)OC(=O)[C@H](C)Oc1ccc2c(-c3ccccc3)cc(=O)oc2c1. The average molecular weight is 366 g/mol. The Morgan fingerprint density at radius 2 is 1.81 bits per heavy atom. The Kier molecular flexibility index (Phi) is 5.60. The Morgan fingerprint density at radius 1 is 1.07 bits per heavy atom. The maximum atomic E-state index is 12.1. The lowest BCUT2D eigenvalue weighted by molar-refractivity contribution is -0.155.